The first-order chi connectivity index (χ1) is 10.4. The fourth-order valence-corrected chi connectivity index (χ4v) is 1.60. The molecule has 0 aliphatic heterocycles. The molecule has 0 aromatic heterocycles. The zero-order valence-corrected chi connectivity index (χ0v) is 11.0. The molecular formula is C14H10N2O6. The highest BCUT2D eigenvalue weighted by Gasteiger charge is 2.16. The van der Waals surface area contributed by atoms with Gasteiger partial charge in [-0.2, -0.15) is 5.11 Å². The maximum absolute atomic E-state index is 10.8. The molecule has 112 valence electrons. The van der Waals surface area contributed by atoms with Crippen LogP contribution in [-0.4, -0.2) is 32.4 Å². The van der Waals surface area contributed by atoms with Crippen molar-refractivity contribution in [2.75, 3.05) is 0 Å². The van der Waals surface area contributed by atoms with Gasteiger partial charge in [0.1, 0.15) is 11.3 Å². The number of phenols is 2. The van der Waals surface area contributed by atoms with Gasteiger partial charge in [-0.25, -0.2) is 9.59 Å². The van der Waals surface area contributed by atoms with E-state index in [1.165, 1.54) is 30.3 Å². The number of aromatic hydroxyl groups is 2. The van der Waals surface area contributed by atoms with Crippen molar-refractivity contribution < 1.29 is 30.0 Å². The van der Waals surface area contributed by atoms with Crippen molar-refractivity contribution in [3.05, 3.63) is 47.5 Å². The number of hydrogen-bond donors (Lipinski definition) is 4. The van der Waals surface area contributed by atoms with Crippen LogP contribution in [0.3, 0.4) is 0 Å². The van der Waals surface area contributed by atoms with Crippen LogP contribution in [0.1, 0.15) is 20.7 Å². The first-order valence-corrected chi connectivity index (χ1v) is 5.93. The highest BCUT2D eigenvalue weighted by molar-refractivity contribution is 5.93. The molecule has 4 N–H and O–H groups in total. The minimum Gasteiger partial charge on any atom is -0.504 e. The predicted octanol–water partition coefficient (Wildman–Crippen LogP) is 2.91. The topological polar surface area (TPSA) is 140 Å². The Morgan fingerprint density at radius 1 is 0.773 bits per heavy atom. The molecule has 2 rings (SSSR count). The monoisotopic (exact) mass is 302 g/mol. The van der Waals surface area contributed by atoms with E-state index in [1.807, 2.05) is 0 Å². The van der Waals surface area contributed by atoms with E-state index in [1.54, 1.807) is 0 Å². The van der Waals surface area contributed by atoms with Crippen molar-refractivity contribution in [1.29, 1.82) is 0 Å². The number of benzene rings is 2. The number of carbonyl (C=O) groups is 2. The first-order valence-electron chi connectivity index (χ1n) is 5.93. The molecule has 0 aliphatic carbocycles. The number of azo groups is 1. The van der Waals surface area contributed by atoms with E-state index in [0.717, 1.165) is 6.07 Å². The molecular weight excluding hydrogens is 292 g/mol. The van der Waals surface area contributed by atoms with E-state index in [4.69, 9.17) is 10.2 Å². The Kier molecular flexibility index (Phi) is 4.03. The standard InChI is InChI=1S/C14H10N2O6/c17-11-9(14(21)22)5-6-10(12(11)18)16-15-8-3-1-7(2-4-8)13(19)20/h1-6,17-18H,(H,19,20)(H,21,22). The van der Waals surface area contributed by atoms with Gasteiger partial charge in [-0.3, -0.25) is 0 Å². The summed E-state index contributed by atoms with van der Waals surface area (Å²) in [5.41, 5.74) is -0.163. The van der Waals surface area contributed by atoms with Crippen molar-refractivity contribution in [1.82, 2.24) is 0 Å². The quantitative estimate of drug-likeness (QED) is 0.505. The van der Waals surface area contributed by atoms with Crippen LogP contribution in [0.4, 0.5) is 11.4 Å². The van der Waals surface area contributed by atoms with Crippen molar-refractivity contribution >= 4 is 23.3 Å². The summed E-state index contributed by atoms with van der Waals surface area (Å²) in [7, 11) is 0. The van der Waals surface area contributed by atoms with Crippen LogP contribution in [0, 0.1) is 0 Å². The van der Waals surface area contributed by atoms with Crippen LogP contribution < -0.4 is 0 Å². The van der Waals surface area contributed by atoms with Crippen molar-refractivity contribution in [2.45, 2.75) is 0 Å². The summed E-state index contributed by atoms with van der Waals surface area (Å²) >= 11 is 0. The van der Waals surface area contributed by atoms with Gasteiger partial charge in [0, 0.05) is 0 Å². The largest absolute Gasteiger partial charge is 0.504 e. The number of carboxylic acids is 2. The second kappa shape index (κ2) is 5.92. The Bertz CT molecular complexity index is 768. The van der Waals surface area contributed by atoms with Gasteiger partial charge in [-0.15, -0.1) is 5.11 Å². The lowest BCUT2D eigenvalue weighted by atomic mass is 10.1. The second-order valence-electron chi connectivity index (χ2n) is 4.19. The molecule has 8 nitrogen and oxygen atoms in total. The summed E-state index contributed by atoms with van der Waals surface area (Å²) in [6, 6.07) is 7.76. The zero-order chi connectivity index (χ0) is 16.3. The third-order valence-electron chi connectivity index (χ3n) is 2.75. The molecule has 0 atom stereocenters. The Labute approximate surface area is 123 Å². The van der Waals surface area contributed by atoms with E-state index in [-0.39, 0.29) is 11.3 Å². The lowest BCUT2D eigenvalue weighted by molar-refractivity contribution is 0.0683. The lowest BCUT2D eigenvalue weighted by Crippen LogP contribution is -1.96. The van der Waals surface area contributed by atoms with Gasteiger partial charge in [0.2, 0.25) is 0 Å². The third-order valence-corrected chi connectivity index (χ3v) is 2.75. The highest BCUT2D eigenvalue weighted by atomic mass is 16.4. The fraction of sp³-hybridized carbons (Fsp3) is 0. The molecule has 0 saturated heterocycles. The third kappa shape index (κ3) is 3.01. The van der Waals surface area contributed by atoms with Crippen molar-refractivity contribution in [2.24, 2.45) is 10.2 Å². The molecule has 0 spiro atoms. The predicted molar refractivity (Wildman–Crippen MR) is 74.3 cm³/mol. The maximum Gasteiger partial charge on any atom is 0.339 e. The molecule has 8 heteroatoms. The number of nitrogens with zero attached hydrogens (tertiary/aromatic N) is 2. The van der Waals surface area contributed by atoms with Gasteiger partial charge in [0.25, 0.3) is 0 Å². The summed E-state index contributed by atoms with van der Waals surface area (Å²) in [4.78, 5) is 21.5. The zero-order valence-electron chi connectivity index (χ0n) is 11.0. The van der Waals surface area contributed by atoms with Crippen LogP contribution in [0.5, 0.6) is 11.5 Å². The summed E-state index contributed by atoms with van der Waals surface area (Å²) in [6.45, 7) is 0. The van der Waals surface area contributed by atoms with Gasteiger partial charge in [-0.05, 0) is 36.4 Å². The highest BCUT2D eigenvalue weighted by Crippen LogP contribution is 2.38. The molecule has 2 aromatic rings. The normalized spacial score (nSPS) is 10.7. The number of hydrogen-bond acceptors (Lipinski definition) is 6. The van der Waals surface area contributed by atoms with Crippen LogP contribution in [0.25, 0.3) is 0 Å². The molecule has 0 aliphatic rings. The van der Waals surface area contributed by atoms with Gasteiger partial charge in [0.15, 0.2) is 11.5 Å². The second-order valence-corrected chi connectivity index (χ2v) is 4.19. The maximum atomic E-state index is 10.8. The van der Waals surface area contributed by atoms with E-state index >= 15 is 0 Å². The molecule has 0 amide bonds. The van der Waals surface area contributed by atoms with Crippen LogP contribution in [-0.2, 0) is 0 Å². The van der Waals surface area contributed by atoms with E-state index in [0.29, 0.717) is 5.69 Å². The van der Waals surface area contributed by atoms with Crippen molar-refractivity contribution in [3.8, 4) is 11.5 Å². The van der Waals surface area contributed by atoms with Gasteiger partial charge < -0.3 is 20.4 Å². The van der Waals surface area contributed by atoms with Crippen molar-refractivity contribution in [3.63, 3.8) is 0 Å². The number of phenolic OH excluding ortho intramolecular Hbond substituents is 1. The lowest BCUT2D eigenvalue weighted by Gasteiger charge is -2.04. The minimum atomic E-state index is -1.39. The molecule has 22 heavy (non-hydrogen) atoms. The summed E-state index contributed by atoms with van der Waals surface area (Å²) in [5.74, 6) is -3.97. The molecule has 0 radical (unpaired) electrons. The number of aromatic carboxylic acids is 2. The van der Waals surface area contributed by atoms with E-state index in [2.05, 4.69) is 10.2 Å². The molecule has 0 heterocycles. The Hall–Kier alpha value is -3.42. The SMILES string of the molecule is O=C(O)c1ccc(N=Nc2ccc(C(=O)O)c(O)c2O)cc1. The van der Waals surface area contributed by atoms with Gasteiger partial charge in [0.05, 0.1) is 11.3 Å². The first kappa shape index (κ1) is 15.0. The van der Waals surface area contributed by atoms with Gasteiger partial charge in [-0.1, -0.05) is 0 Å². The molecule has 0 saturated carbocycles. The fourth-order valence-electron chi connectivity index (χ4n) is 1.60. The average Bonchev–Trinajstić information content (AvgIpc) is 2.48. The van der Waals surface area contributed by atoms with Gasteiger partial charge >= 0.3 is 11.9 Å². The van der Waals surface area contributed by atoms with Crippen LogP contribution in [0.2, 0.25) is 0 Å². The molecule has 0 bridgehead atoms. The minimum absolute atomic E-state index is 0.0882. The van der Waals surface area contributed by atoms with Crippen LogP contribution in [0.15, 0.2) is 46.6 Å². The Morgan fingerprint density at radius 2 is 1.41 bits per heavy atom. The number of carboxylic acid groups (broad SMARTS) is 2. The summed E-state index contributed by atoms with van der Waals surface area (Å²) in [6.07, 6.45) is 0. The van der Waals surface area contributed by atoms with E-state index in [9.17, 15) is 19.8 Å². The Balaban J connectivity index is 2.28. The van der Waals surface area contributed by atoms with Crippen LogP contribution >= 0.6 is 0 Å². The van der Waals surface area contributed by atoms with E-state index < -0.39 is 29.0 Å². The smallest absolute Gasteiger partial charge is 0.339 e. The molecule has 0 fully saturated rings. The Morgan fingerprint density at radius 3 is 1.95 bits per heavy atom. The average molecular weight is 302 g/mol. The molecule has 2 aromatic carbocycles. The summed E-state index contributed by atoms with van der Waals surface area (Å²) < 4.78 is 0. The molecule has 0 unspecified atom stereocenters. The summed E-state index contributed by atoms with van der Waals surface area (Å²) in [5, 5.41) is 44.2. The number of rotatable bonds is 4.